The van der Waals surface area contributed by atoms with Crippen molar-refractivity contribution in [3.8, 4) is 0 Å². The lowest BCUT2D eigenvalue weighted by Gasteiger charge is -2.41. The molecule has 100 valence electrons. The third-order valence-electron chi connectivity index (χ3n) is 3.92. The van der Waals surface area contributed by atoms with Gasteiger partial charge in [-0.15, -0.1) is 0 Å². The predicted molar refractivity (Wildman–Crippen MR) is 80.1 cm³/mol. The lowest BCUT2D eigenvalue weighted by atomic mass is 9.99. The molecular formula is C15H18ClN3. The van der Waals surface area contributed by atoms with E-state index in [4.69, 9.17) is 11.6 Å². The maximum atomic E-state index is 6.05. The van der Waals surface area contributed by atoms with Crippen LogP contribution in [-0.4, -0.2) is 22.6 Å². The van der Waals surface area contributed by atoms with Crippen molar-refractivity contribution in [3.05, 3.63) is 29.3 Å². The molecule has 2 aromatic rings. The van der Waals surface area contributed by atoms with Crippen LogP contribution in [0.1, 0.15) is 38.8 Å². The van der Waals surface area contributed by atoms with Gasteiger partial charge in [0.15, 0.2) is 0 Å². The fraction of sp³-hybridized carbons (Fsp3) is 0.467. The third-order valence-corrected chi connectivity index (χ3v) is 4.13. The number of anilines is 1. The van der Waals surface area contributed by atoms with E-state index in [1.807, 2.05) is 18.5 Å². The average molecular weight is 276 g/mol. The average Bonchev–Trinajstić information content (AvgIpc) is 2.36. The van der Waals surface area contributed by atoms with E-state index in [-0.39, 0.29) is 0 Å². The van der Waals surface area contributed by atoms with Crippen LogP contribution in [0.2, 0.25) is 5.15 Å². The number of fused-ring (bicyclic) bond motifs is 1. The molecule has 1 aliphatic rings. The van der Waals surface area contributed by atoms with E-state index in [0.717, 1.165) is 23.0 Å². The van der Waals surface area contributed by atoms with E-state index in [9.17, 15) is 0 Å². The van der Waals surface area contributed by atoms with Crippen LogP contribution in [0, 0.1) is 0 Å². The van der Waals surface area contributed by atoms with E-state index in [1.165, 1.54) is 12.1 Å². The fourth-order valence-electron chi connectivity index (χ4n) is 2.68. The van der Waals surface area contributed by atoms with Gasteiger partial charge in [-0.25, -0.2) is 4.98 Å². The van der Waals surface area contributed by atoms with E-state index >= 15 is 0 Å². The van der Waals surface area contributed by atoms with Crippen molar-refractivity contribution in [2.45, 2.75) is 39.2 Å². The zero-order valence-electron chi connectivity index (χ0n) is 11.5. The fourth-order valence-corrected chi connectivity index (χ4v) is 2.84. The van der Waals surface area contributed by atoms with Crippen molar-refractivity contribution in [2.75, 3.05) is 11.4 Å². The molecular weight excluding hydrogens is 258 g/mol. The number of pyridine rings is 2. The first-order valence-electron chi connectivity index (χ1n) is 6.78. The Bertz CT molecular complexity index is 624. The summed E-state index contributed by atoms with van der Waals surface area (Å²) < 4.78 is 0. The number of hydrogen-bond donors (Lipinski definition) is 0. The quantitative estimate of drug-likeness (QED) is 0.776. The van der Waals surface area contributed by atoms with Gasteiger partial charge >= 0.3 is 0 Å². The van der Waals surface area contributed by atoms with Crippen molar-refractivity contribution >= 4 is 28.1 Å². The molecule has 1 atom stereocenters. The molecule has 2 aromatic heterocycles. The van der Waals surface area contributed by atoms with Crippen molar-refractivity contribution in [1.29, 1.82) is 0 Å². The highest BCUT2D eigenvalue weighted by Gasteiger charge is 2.26. The number of aromatic nitrogens is 2. The first-order valence-corrected chi connectivity index (χ1v) is 7.16. The molecule has 0 spiro atoms. The highest BCUT2D eigenvalue weighted by Crippen LogP contribution is 2.35. The van der Waals surface area contributed by atoms with Crippen LogP contribution in [0.5, 0.6) is 0 Å². The molecule has 3 nitrogen and oxygen atoms in total. The summed E-state index contributed by atoms with van der Waals surface area (Å²) in [5, 5.41) is 2.83. The van der Waals surface area contributed by atoms with Crippen LogP contribution in [-0.2, 0) is 0 Å². The highest BCUT2D eigenvalue weighted by molar-refractivity contribution is 6.30. The second-order valence-corrected chi connectivity index (χ2v) is 5.95. The Kier molecular flexibility index (Phi) is 3.09. The Balaban J connectivity index is 2.23. The van der Waals surface area contributed by atoms with Crippen LogP contribution in [0.25, 0.3) is 10.8 Å². The largest absolute Gasteiger partial charge is 0.367 e. The molecule has 0 N–H and O–H groups in total. The minimum atomic E-state index is 0.379. The molecule has 0 bridgehead atoms. The van der Waals surface area contributed by atoms with E-state index in [0.29, 0.717) is 17.1 Å². The van der Waals surface area contributed by atoms with Crippen molar-refractivity contribution < 1.29 is 0 Å². The zero-order valence-corrected chi connectivity index (χ0v) is 12.3. The second-order valence-electron chi connectivity index (χ2n) is 5.57. The first-order chi connectivity index (χ1) is 9.08. The Morgan fingerprint density at radius 3 is 2.63 bits per heavy atom. The number of rotatable bonds is 2. The lowest BCUT2D eigenvalue weighted by molar-refractivity contribution is 0.482. The third kappa shape index (κ3) is 2.06. The van der Waals surface area contributed by atoms with Crippen LogP contribution < -0.4 is 4.90 Å². The monoisotopic (exact) mass is 275 g/mol. The van der Waals surface area contributed by atoms with Gasteiger partial charge in [0, 0.05) is 29.6 Å². The maximum Gasteiger partial charge on any atom is 0.129 e. The van der Waals surface area contributed by atoms with Crippen LogP contribution in [0.15, 0.2) is 18.5 Å². The molecule has 1 aliphatic heterocycles. The summed E-state index contributed by atoms with van der Waals surface area (Å²) in [6, 6.07) is 2.53. The summed E-state index contributed by atoms with van der Waals surface area (Å²) in [6.07, 6.45) is 5.11. The van der Waals surface area contributed by atoms with E-state index < -0.39 is 0 Å². The zero-order chi connectivity index (χ0) is 13.6. The minimum absolute atomic E-state index is 0.379. The van der Waals surface area contributed by atoms with Crippen molar-refractivity contribution in [3.63, 3.8) is 0 Å². The van der Waals surface area contributed by atoms with Crippen LogP contribution in [0.3, 0.4) is 0 Å². The molecule has 1 fully saturated rings. The van der Waals surface area contributed by atoms with Crippen molar-refractivity contribution in [2.24, 2.45) is 0 Å². The summed E-state index contributed by atoms with van der Waals surface area (Å²) in [7, 11) is 0. The molecule has 1 saturated heterocycles. The van der Waals surface area contributed by atoms with Gasteiger partial charge in [-0.05, 0) is 25.3 Å². The Hall–Kier alpha value is -1.35. The molecule has 0 amide bonds. The molecule has 3 rings (SSSR count). The summed E-state index contributed by atoms with van der Waals surface area (Å²) in [4.78, 5) is 11.3. The SMILES string of the molecule is CC(C)c1ncc(N2CC[C@H]2C)c2cnc(Cl)cc12. The van der Waals surface area contributed by atoms with Crippen LogP contribution in [0.4, 0.5) is 5.69 Å². The smallest absolute Gasteiger partial charge is 0.129 e. The van der Waals surface area contributed by atoms with Gasteiger partial charge in [0.05, 0.1) is 17.6 Å². The number of hydrogen-bond acceptors (Lipinski definition) is 3. The van der Waals surface area contributed by atoms with Gasteiger partial charge in [0.2, 0.25) is 0 Å². The van der Waals surface area contributed by atoms with Gasteiger partial charge in [-0.2, -0.15) is 0 Å². The Labute approximate surface area is 118 Å². The Morgan fingerprint density at radius 2 is 2.05 bits per heavy atom. The van der Waals surface area contributed by atoms with Crippen molar-refractivity contribution in [1.82, 2.24) is 9.97 Å². The molecule has 0 aliphatic carbocycles. The van der Waals surface area contributed by atoms with Gasteiger partial charge in [0.25, 0.3) is 0 Å². The van der Waals surface area contributed by atoms with Gasteiger partial charge in [0.1, 0.15) is 5.15 Å². The van der Waals surface area contributed by atoms with Gasteiger partial charge < -0.3 is 4.90 Å². The number of halogens is 1. The van der Waals surface area contributed by atoms with E-state index in [1.54, 1.807) is 0 Å². The summed E-state index contributed by atoms with van der Waals surface area (Å²) in [6.45, 7) is 7.65. The minimum Gasteiger partial charge on any atom is -0.367 e. The van der Waals surface area contributed by atoms with Gasteiger partial charge in [-0.3, -0.25) is 4.98 Å². The molecule has 19 heavy (non-hydrogen) atoms. The predicted octanol–water partition coefficient (Wildman–Crippen LogP) is 4.01. The summed E-state index contributed by atoms with van der Waals surface area (Å²) in [5.74, 6) is 0.379. The molecule has 0 radical (unpaired) electrons. The Morgan fingerprint density at radius 1 is 1.26 bits per heavy atom. The highest BCUT2D eigenvalue weighted by atomic mass is 35.5. The maximum absolute atomic E-state index is 6.05. The normalized spacial score (nSPS) is 19.0. The molecule has 3 heterocycles. The molecule has 0 unspecified atom stereocenters. The van der Waals surface area contributed by atoms with E-state index in [2.05, 4.69) is 35.6 Å². The van der Waals surface area contributed by atoms with Gasteiger partial charge in [-0.1, -0.05) is 25.4 Å². The molecule has 0 aromatic carbocycles. The summed E-state index contributed by atoms with van der Waals surface area (Å²) >= 11 is 6.05. The second kappa shape index (κ2) is 4.64. The molecule has 0 saturated carbocycles. The molecule has 4 heteroatoms. The standard InChI is InChI=1S/C15H18ClN3/c1-9(2)15-11-6-14(16)17-7-12(11)13(8-18-15)19-5-4-10(19)3/h6-10H,4-5H2,1-3H3/t10-/m1/s1. The first kappa shape index (κ1) is 12.7. The lowest BCUT2D eigenvalue weighted by Crippen LogP contribution is -2.45. The van der Waals surface area contributed by atoms with Crippen LogP contribution >= 0.6 is 11.6 Å². The number of nitrogens with zero attached hydrogens (tertiary/aromatic N) is 3. The summed E-state index contributed by atoms with van der Waals surface area (Å²) in [5.41, 5.74) is 2.28. The topological polar surface area (TPSA) is 29.0 Å².